The van der Waals surface area contributed by atoms with E-state index < -0.39 is 12.2 Å². The monoisotopic (exact) mass is 588 g/mol. The second-order valence-corrected chi connectivity index (χ2v) is 9.76. The summed E-state index contributed by atoms with van der Waals surface area (Å²) in [6.07, 6.45) is -7.36. The van der Waals surface area contributed by atoms with Gasteiger partial charge in [0.25, 0.3) is 0 Å². The molecule has 0 N–H and O–H groups in total. The molecular weight excluding hydrogens is 560 g/mol. The topological polar surface area (TPSA) is 36.9 Å². The Morgan fingerprint density at radius 1 is 0.488 bits per heavy atom. The van der Waals surface area contributed by atoms with E-state index in [1.807, 2.05) is 60.7 Å². The molecule has 5 aromatic rings. The molecule has 0 amide bonds. The minimum absolute atomic E-state index is 0.176. The molecule has 0 aromatic heterocycles. The van der Waals surface area contributed by atoms with Crippen LogP contribution in [0, 0.1) is 6.92 Å². The Bertz CT molecular complexity index is 1610. The third-order valence-electron chi connectivity index (χ3n) is 6.51. The molecule has 5 rings (SSSR count). The molecule has 0 unspecified atom stereocenters. The molecule has 0 saturated carbocycles. The van der Waals surface area contributed by atoms with Gasteiger partial charge in [-0.2, -0.15) is 17.6 Å². The fraction of sp³-hybridized carbons (Fsp3) is 0.143. The molecule has 0 saturated heterocycles. The number of aryl methyl sites for hydroxylation is 1. The van der Waals surface area contributed by atoms with Crippen LogP contribution in [0.1, 0.15) is 27.8 Å². The van der Waals surface area contributed by atoms with Crippen molar-refractivity contribution in [1.82, 2.24) is 0 Å². The number of hydrogen-bond donors (Lipinski definition) is 0. The lowest BCUT2D eigenvalue weighted by molar-refractivity contribution is -0.188. The van der Waals surface area contributed by atoms with Crippen LogP contribution in [0.2, 0.25) is 0 Å². The van der Waals surface area contributed by atoms with Crippen LogP contribution in [-0.4, -0.2) is 0 Å². The van der Waals surface area contributed by atoms with Crippen LogP contribution in [0.5, 0.6) is 23.0 Å². The first kappa shape index (κ1) is 29.5. The number of alkyl halides is 4. The molecule has 220 valence electrons. The van der Waals surface area contributed by atoms with E-state index in [1.54, 1.807) is 0 Å². The van der Waals surface area contributed by atoms with Gasteiger partial charge >= 0.3 is 12.2 Å². The minimum atomic E-state index is -3.68. The Balaban J connectivity index is 1.18. The predicted molar refractivity (Wildman–Crippen MR) is 155 cm³/mol. The summed E-state index contributed by atoms with van der Waals surface area (Å²) in [5, 5.41) is 0. The van der Waals surface area contributed by atoms with Crippen molar-refractivity contribution in [3.63, 3.8) is 0 Å². The molecule has 43 heavy (non-hydrogen) atoms. The van der Waals surface area contributed by atoms with E-state index >= 15 is 0 Å². The highest BCUT2D eigenvalue weighted by molar-refractivity contribution is 5.41. The maximum absolute atomic E-state index is 15.0. The average molecular weight is 589 g/mol. The van der Waals surface area contributed by atoms with Crippen molar-refractivity contribution in [2.45, 2.75) is 32.4 Å². The quantitative estimate of drug-likeness (QED) is 0.136. The summed E-state index contributed by atoms with van der Waals surface area (Å²) >= 11 is 0. The summed E-state index contributed by atoms with van der Waals surface area (Å²) < 4.78 is 81.0. The third-order valence-corrected chi connectivity index (χ3v) is 6.51. The molecule has 0 heterocycles. The van der Waals surface area contributed by atoms with Crippen molar-refractivity contribution in [3.05, 3.63) is 155 Å². The summed E-state index contributed by atoms with van der Waals surface area (Å²) in [6.45, 7) is 2.07. The average Bonchev–Trinajstić information content (AvgIpc) is 3.01. The predicted octanol–water partition coefficient (Wildman–Crippen LogP) is 9.41. The molecule has 0 aliphatic heterocycles. The minimum Gasteiger partial charge on any atom is -0.489 e. The van der Waals surface area contributed by atoms with Gasteiger partial charge in [-0.05, 0) is 90.3 Å². The van der Waals surface area contributed by atoms with Crippen LogP contribution >= 0.6 is 0 Å². The lowest BCUT2D eigenvalue weighted by Crippen LogP contribution is -2.23. The standard InChI is InChI=1S/C35H28F4O4/c1-25-22-32(42-34(36,37)28-12-16-30(17-13-28)40-23-26-8-4-2-5-9-26)20-21-33(25)43-35(38,39)29-14-18-31(19-15-29)41-24-27-10-6-3-7-11-27/h2-22H,23-24H2,1H3. The molecule has 0 spiro atoms. The molecule has 0 fully saturated rings. The van der Waals surface area contributed by atoms with E-state index in [0.717, 1.165) is 17.2 Å². The lowest BCUT2D eigenvalue weighted by atomic mass is 10.1. The van der Waals surface area contributed by atoms with Crippen LogP contribution in [0.4, 0.5) is 17.6 Å². The van der Waals surface area contributed by atoms with Gasteiger partial charge in [-0.3, -0.25) is 0 Å². The van der Waals surface area contributed by atoms with Gasteiger partial charge in [-0.15, -0.1) is 0 Å². The third kappa shape index (κ3) is 7.86. The van der Waals surface area contributed by atoms with Crippen LogP contribution < -0.4 is 18.9 Å². The van der Waals surface area contributed by atoms with E-state index in [2.05, 4.69) is 0 Å². The Morgan fingerprint density at radius 2 is 0.907 bits per heavy atom. The number of benzene rings is 5. The van der Waals surface area contributed by atoms with Gasteiger partial charge < -0.3 is 18.9 Å². The first-order valence-electron chi connectivity index (χ1n) is 13.5. The van der Waals surface area contributed by atoms with Crippen LogP contribution in [-0.2, 0) is 25.4 Å². The maximum atomic E-state index is 15.0. The SMILES string of the molecule is Cc1cc(OC(F)(F)c2ccc(OCc3ccccc3)cc2)ccc1OC(F)(F)c1ccc(OCc2ccccc2)cc1. The summed E-state index contributed by atoms with van der Waals surface area (Å²) in [5.41, 5.74) is 1.31. The van der Waals surface area contributed by atoms with Gasteiger partial charge in [0.15, 0.2) is 0 Å². The van der Waals surface area contributed by atoms with Crippen molar-refractivity contribution >= 4 is 0 Å². The second kappa shape index (κ2) is 12.9. The van der Waals surface area contributed by atoms with Crippen molar-refractivity contribution in [2.24, 2.45) is 0 Å². The van der Waals surface area contributed by atoms with Crippen LogP contribution in [0.3, 0.4) is 0 Å². The summed E-state index contributed by atoms with van der Waals surface area (Å²) in [7, 11) is 0. The van der Waals surface area contributed by atoms with Crippen molar-refractivity contribution in [2.75, 3.05) is 0 Å². The highest BCUT2D eigenvalue weighted by Crippen LogP contribution is 2.37. The molecule has 0 bridgehead atoms. The number of rotatable bonds is 12. The van der Waals surface area contributed by atoms with E-state index in [9.17, 15) is 17.6 Å². The van der Waals surface area contributed by atoms with Gasteiger partial charge in [0.2, 0.25) is 0 Å². The molecule has 0 atom stereocenters. The molecule has 5 aromatic carbocycles. The highest BCUT2D eigenvalue weighted by Gasteiger charge is 2.36. The van der Waals surface area contributed by atoms with Crippen LogP contribution in [0.25, 0.3) is 0 Å². The van der Waals surface area contributed by atoms with Gasteiger partial charge in [-0.1, -0.05) is 60.7 Å². The largest absolute Gasteiger partial charge is 0.489 e. The maximum Gasteiger partial charge on any atom is 0.426 e. The lowest BCUT2D eigenvalue weighted by Gasteiger charge is -2.22. The van der Waals surface area contributed by atoms with E-state index in [-0.39, 0.29) is 28.2 Å². The fourth-order valence-corrected chi connectivity index (χ4v) is 4.18. The summed E-state index contributed by atoms with van der Waals surface area (Å²) in [5.74, 6) is 0.472. The van der Waals surface area contributed by atoms with E-state index in [4.69, 9.17) is 18.9 Å². The number of hydrogen-bond acceptors (Lipinski definition) is 4. The Labute approximate surface area is 247 Å². The zero-order valence-electron chi connectivity index (χ0n) is 23.2. The molecule has 0 radical (unpaired) electrons. The van der Waals surface area contributed by atoms with E-state index in [1.165, 1.54) is 67.6 Å². The van der Waals surface area contributed by atoms with E-state index in [0.29, 0.717) is 24.7 Å². The number of ether oxygens (including phenoxy) is 4. The highest BCUT2D eigenvalue weighted by atomic mass is 19.3. The normalized spacial score (nSPS) is 11.6. The second-order valence-electron chi connectivity index (χ2n) is 9.76. The zero-order chi connectivity index (χ0) is 30.3. The molecule has 4 nitrogen and oxygen atoms in total. The first-order chi connectivity index (χ1) is 20.7. The van der Waals surface area contributed by atoms with Crippen molar-refractivity contribution in [1.29, 1.82) is 0 Å². The van der Waals surface area contributed by atoms with Crippen molar-refractivity contribution in [3.8, 4) is 23.0 Å². The van der Waals surface area contributed by atoms with Crippen LogP contribution in [0.15, 0.2) is 127 Å². The van der Waals surface area contributed by atoms with Gasteiger partial charge in [0.05, 0.1) is 11.1 Å². The van der Waals surface area contributed by atoms with Gasteiger partial charge in [-0.25, -0.2) is 0 Å². The summed E-state index contributed by atoms with van der Waals surface area (Å²) in [4.78, 5) is 0. The van der Waals surface area contributed by atoms with Gasteiger partial charge in [0, 0.05) is 0 Å². The molecule has 0 aliphatic carbocycles. The Morgan fingerprint density at radius 3 is 1.35 bits per heavy atom. The first-order valence-corrected chi connectivity index (χ1v) is 13.5. The Kier molecular flexibility index (Phi) is 8.85. The molecular formula is C35H28F4O4. The fourth-order valence-electron chi connectivity index (χ4n) is 4.18. The summed E-state index contributed by atoms with van der Waals surface area (Å²) in [6, 6.07) is 33.0. The Hall–Kier alpha value is -4.98. The number of halogens is 4. The van der Waals surface area contributed by atoms with Gasteiger partial charge in [0.1, 0.15) is 36.2 Å². The molecule has 8 heteroatoms. The smallest absolute Gasteiger partial charge is 0.426 e. The van der Waals surface area contributed by atoms with Crippen molar-refractivity contribution < 1.29 is 36.5 Å². The zero-order valence-corrected chi connectivity index (χ0v) is 23.2. The molecule has 0 aliphatic rings.